The van der Waals surface area contributed by atoms with Crippen molar-refractivity contribution in [1.29, 1.82) is 0 Å². The second kappa shape index (κ2) is 47.0. The molecule has 2 aromatic rings. The van der Waals surface area contributed by atoms with E-state index in [1.807, 2.05) is 58.0 Å². The van der Waals surface area contributed by atoms with Crippen LogP contribution in [0, 0.1) is 29.6 Å². The molecule has 4 rings (SSSR count). The van der Waals surface area contributed by atoms with Crippen molar-refractivity contribution in [2.75, 3.05) is 94.1 Å². The third-order valence-corrected chi connectivity index (χ3v) is 19.6. The Labute approximate surface area is 626 Å². The van der Waals surface area contributed by atoms with Crippen molar-refractivity contribution in [3.05, 3.63) is 71.8 Å². The lowest BCUT2D eigenvalue weighted by atomic mass is 9.89. The molecular formula is C76H123N11O19. The van der Waals surface area contributed by atoms with Crippen LogP contribution in [0.4, 0.5) is 4.79 Å². The van der Waals surface area contributed by atoms with Crippen LogP contribution in [0.5, 0.6) is 0 Å². The SMILES string of the molecule is CC[C@H](C)[C@@H]([C@@H](CC(=O)N1CCC[C@H]1[C@H](OC)[C@@H](C)C(=O)N[C@H](C)[C@@H](OC(=O)[C@@H](NC(=O)[C@@H]1CCCN1C(=O)[C@H](CC(=O)O)NC(=O)CCOCCOCCOCCNC(=O)[C@@H](N)CCCCN)C(C)C)c1ccccc1)OC)N(C)C(=O)[C@@H](NC(=O)[C@H](C(C)C)N(C)C(=O)OCc1ccccc1)C(C)C. The molecular weight excluding hydrogens is 1370 g/mol. The highest BCUT2D eigenvalue weighted by Crippen LogP contribution is 2.32. The van der Waals surface area contributed by atoms with Crippen molar-refractivity contribution in [1.82, 2.24) is 46.2 Å². The highest BCUT2D eigenvalue weighted by Gasteiger charge is 2.46. The van der Waals surface area contributed by atoms with Crippen LogP contribution in [0.25, 0.3) is 0 Å². The number of carboxylic acid groups (broad SMARTS) is 1. The summed E-state index contributed by atoms with van der Waals surface area (Å²) in [7, 11) is 6.09. The largest absolute Gasteiger partial charge is 0.481 e. The number of benzene rings is 2. The number of rotatable bonds is 48. The molecule has 2 fully saturated rings. The van der Waals surface area contributed by atoms with E-state index in [0.717, 1.165) is 18.4 Å². The van der Waals surface area contributed by atoms with Crippen LogP contribution in [0.15, 0.2) is 60.7 Å². The Bertz CT molecular complexity index is 3080. The molecule has 2 heterocycles. The van der Waals surface area contributed by atoms with Gasteiger partial charge in [-0.1, -0.05) is 136 Å². The molecule has 30 heteroatoms. The number of aliphatic carboxylic acids is 1. The number of methoxy groups -OCH3 is 2. The lowest BCUT2D eigenvalue weighted by Crippen LogP contribution is -2.60. The Kier molecular flexibility index (Phi) is 40.2. The smallest absolute Gasteiger partial charge is 0.410 e. The lowest BCUT2D eigenvalue weighted by Gasteiger charge is -2.41. The summed E-state index contributed by atoms with van der Waals surface area (Å²) in [5, 5.41) is 23.8. The summed E-state index contributed by atoms with van der Waals surface area (Å²) < 4.78 is 40.6. The van der Waals surface area contributed by atoms with Gasteiger partial charge in [-0.05, 0) is 86.8 Å². The number of likely N-dealkylation sites (tertiary alicyclic amines) is 2. The van der Waals surface area contributed by atoms with Gasteiger partial charge in [-0.2, -0.15) is 0 Å². The number of carbonyl (C=O) groups excluding carboxylic acids is 10. The van der Waals surface area contributed by atoms with Crippen LogP contribution in [0.1, 0.15) is 157 Å². The van der Waals surface area contributed by atoms with Crippen molar-refractivity contribution < 1.29 is 91.0 Å². The molecule has 0 aromatic heterocycles. The minimum atomic E-state index is -1.53. The van der Waals surface area contributed by atoms with Gasteiger partial charge in [0.05, 0.1) is 94.8 Å². The number of nitrogens with one attached hydrogen (secondary N) is 5. The molecule has 14 atom stereocenters. The highest BCUT2D eigenvalue weighted by atomic mass is 16.6. The topological polar surface area (TPSA) is 398 Å². The van der Waals surface area contributed by atoms with E-state index in [-0.39, 0.29) is 95.7 Å². The van der Waals surface area contributed by atoms with Crippen molar-refractivity contribution in [2.24, 2.45) is 41.1 Å². The summed E-state index contributed by atoms with van der Waals surface area (Å²) in [5.74, 6) is -8.69. The average Bonchev–Trinajstić information content (AvgIpc) is 1.42. The van der Waals surface area contributed by atoms with E-state index in [4.69, 9.17) is 44.6 Å². The molecule has 0 saturated carbocycles. The number of carboxylic acids is 1. The van der Waals surface area contributed by atoms with Gasteiger partial charge in [0.2, 0.25) is 47.3 Å². The minimum absolute atomic E-state index is 0.00870. The summed E-state index contributed by atoms with van der Waals surface area (Å²) in [6.07, 6.45) is -0.207. The number of amides is 9. The molecule has 2 aliphatic rings. The predicted octanol–water partition coefficient (Wildman–Crippen LogP) is 4.23. The van der Waals surface area contributed by atoms with Gasteiger partial charge in [-0.15, -0.1) is 0 Å². The molecule has 2 aromatic carbocycles. The van der Waals surface area contributed by atoms with E-state index in [9.17, 15) is 57.8 Å². The normalized spacial score (nSPS) is 17.8. The molecule has 0 bridgehead atoms. The summed E-state index contributed by atoms with van der Waals surface area (Å²) in [6.45, 7) is 20.2. The second-order valence-electron chi connectivity index (χ2n) is 28.6. The van der Waals surface area contributed by atoms with Gasteiger partial charge in [-0.3, -0.25) is 48.1 Å². The Balaban J connectivity index is 1.38. The quantitative estimate of drug-likeness (QED) is 0.0339. The van der Waals surface area contributed by atoms with Gasteiger partial charge >= 0.3 is 18.0 Å². The van der Waals surface area contributed by atoms with Gasteiger partial charge in [0.1, 0.15) is 42.9 Å². The second-order valence-corrected chi connectivity index (χ2v) is 28.6. The van der Waals surface area contributed by atoms with Crippen LogP contribution in [-0.4, -0.2) is 251 Å². The summed E-state index contributed by atoms with van der Waals surface area (Å²) in [6, 6.07) is 9.25. The molecule has 0 unspecified atom stereocenters. The Hall–Kier alpha value is -7.87. The van der Waals surface area contributed by atoms with Gasteiger partial charge < -0.3 is 91.0 Å². The zero-order valence-corrected chi connectivity index (χ0v) is 64.9. The first-order valence-electron chi connectivity index (χ1n) is 37.4. The highest BCUT2D eigenvalue weighted by molar-refractivity contribution is 5.96. The summed E-state index contributed by atoms with van der Waals surface area (Å²) in [5.41, 5.74) is 12.7. The molecule has 2 saturated heterocycles. The average molecular weight is 1490 g/mol. The van der Waals surface area contributed by atoms with E-state index >= 15 is 0 Å². The molecule has 596 valence electrons. The molecule has 0 radical (unpaired) electrons. The maximum absolute atomic E-state index is 14.8. The van der Waals surface area contributed by atoms with Gasteiger partial charge in [0.25, 0.3) is 0 Å². The number of nitrogens with zero attached hydrogens (tertiary/aromatic N) is 4. The molecule has 106 heavy (non-hydrogen) atoms. The number of esters is 1. The van der Waals surface area contributed by atoms with Crippen LogP contribution in [0.3, 0.4) is 0 Å². The number of ether oxygens (including phenoxy) is 7. The van der Waals surface area contributed by atoms with Crippen LogP contribution in [-0.2, 0) is 87.7 Å². The summed E-state index contributed by atoms with van der Waals surface area (Å²) >= 11 is 0. The van der Waals surface area contributed by atoms with E-state index in [1.165, 1.54) is 31.1 Å². The molecule has 9 amide bonds. The number of carbonyl (C=O) groups is 11. The fourth-order valence-electron chi connectivity index (χ4n) is 13.5. The predicted molar refractivity (Wildman–Crippen MR) is 395 cm³/mol. The third kappa shape index (κ3) is 28.4. The first kappa shape index (κ1) is 90.5. The third-order valence-electron chi connectivity index (χ3n) is 19.6. The first-order chi connectivity index (χ1) is 50.4. The van der Waals surface area contributed by atoms with Crippen molar-refractivity contribution in [3.63, 3.8) is 0 Å². The fraction of sp³-hybridized carbons (Fsp3) is 0.697. The minimum Gasteiger partial charge on any atom is -0.481 e. The van der Waals surface area contributed by atoms with E-state index in [2.05, 4.69) is 26.6 Å². The number of hydrogen-bond acceptors (Lipinski definition) is 20. The molecule has 0 spiro atoms. The van der Waals surface area contributed by atoms with E-state index in [1.54, 1.807) is 88.7 Å². The van der Waals surface area contributed by atoms with Gasteiger partial charge in [0, 0.05) is 54.4 Å². The maximum Gasteiger partial charge on any atom is 0.410 e. The van der Waals surface area contributed by atoms with Crippen LogP contribution in [0.2, 0.25) is 0 Å². The van der Waals surface area contributed by atoms with Crippen molar-refractivity contribution in [2.45, 2.75) is 219 Å². The van der Waals surface area contributed by atoms with Crippen LogP contribution < -0.4 is 38.1 Å². The van der Waals surface area contributed by atoms with Crippen molar-refractivity contribution in [3.8, 4) is 0 Å². The Morgan fingerprint density at radius 1 is 0.660 bits per heavy atom. The van der Waals surface area contributed by atoms with E-state index in [0.29, 0.717) is 57.3 Å². The zero-order valence-electron chi connectivity index (χ0n) is 64.9. The first-order valence-corrected chi connectivity index (χ1v) is 37.4. The Morgan fingerprint density at radius 2 is 1.26 bits per heavy atom. The number of hydrogen-bond donors (Lipinski definition) is 8. The van der Waals surface area contributed by atoms with Gasteiger partial charge in [0.15, 0.2) is 0 Å². The van der Waals surface area contributed by atoms with Crippen LogP contribution >= 0.6 is 0 Å². The summed E-state index contributed by atoms with van der Waals surface area (Å²) in [4.78, 5) is 158. The number of nitrogens with two attached hydrogens (primary N) is 2. The standard InChI is InChI=1S/C76H123N11O19/c1-15-50(8)66(84(11)74(97)63(47(2)3)82-72(95)65(49(6)7)85(12)76(99)105-46-53-26-18-16-19-27-53)59(100-13)45-61(89)86-36-24-31-57(86)67(101-14)51(9)69(92)80-52(10)68(54-28-20-17-21-29-54)106-75(98)64(48(4)5)83-71(94)58-32-25-37-87(58)73(96)56(44-62(90)91)81-60(88)33-38-102-40-42-104-43-41-103-39-35-79-70(93)55(78)30-22-23-34-77/h16-21,26-29,47-52,55-59,63-68H,15,22-25,30-46,77-78H2,1-14H3,(H,79,93)(H,80,92)(H,81,88)(H,82,95)(H,83,94)(H,90,91)/t50-,51+,52+,55-,56-,57-,58-,59+,63-,64-,65-,66-,67+,68+/m0/s1. The Morgan fingerprint density at radius 3 is 1.85 bits per heavy atom. The van der Waals surface area contributed by atoms with E-state index < -0.39 is 150 Å². The number of likely N-dealkylation sites (N-methyl/N-ethyl adjacent to an activating group) is 2. The lowest BCUT2D eigenvalue weighted by molar-refractivity contribution is -0.157. The molecule has 0 aliphatic carbocycles. The monoisotopic (exact) mass is 1490 g/mol. The van der Waals surface area contributed by atoms with Gasteiger partial charge in [-0.25, -0.2) is 9.59 Å². The molecule has 2 aliphatic heterocycles. The van der Waals surface area contributed by atoms with Crippen molar-refractivity contribution >= 4 is 65.3 Å². The number of unbranched alkanes of at least 4 members (excludes halogenated alkanes) is 1. The maximum atomic E-state index is 14.8. The fourth-order valence-corrected chi connectivity index (χ4v) is 13.5. The molecule has 10 N–H and O–H groups in total. The zero-order chi connectivity index (χ0) is 78.7. The molecule has 30 nitrogen and oxygen atoms in total.